The van der Waals surface area contributed by atoms with Gasteiger partial charge < -0.3 is 14.6 Å². The topological polar surface area (TPSA) is 55.8 Å². The predicted octanol–water partition coefficient (Wildman–Crippen LogP) is 3.87. The SMILES string of the molecule is COc1cc(COc2cc(Br)ccc2F)ccc1C(=O)O. The second-order valence-corrected chi connectivity index (χ2v) is 5.12. The van der Waals surface area contributed by atoms with Crippen molar-refractivity contribution < 1.29 is 23.8 Å². The fourth-order valence-electron chi connectivity index (χ4n) is 1.75. The van der Waals surface area contributed by atoms with Crippen molar-refractivity contribution in [2.75, 3.05) is 7.11 Å². The molecule has 21 heavy (non-hydrogen) atoms. The zero-order valence-electron chi connectivity index (χ0n) is 11.1. The third-order valence-corrected chi connectivity index (χ3v) is 3.28. The summed E-state index contributed by atoms with van der Waals surface area (Å²) < 4.78 is 24.7. The normalized spacial score (nSPS) is 10.2. The summed E-state index contributed by atoms with van der Waals surface area (Å²) in [6.45, 7) is 0.101. The first-order chi connectivity index (χ1) is 10.0. The first-order valence-electron chi connectivity index (χ1n) is 5.99. The maximum absolute atomic E-state index is 13.5. The van der Waals surface area contributed by atoms with E-state index < -0.39 is 11.8 Å². The summed E-state index contributed by atoms with van der Waals surface area (Å²) in [6, 6.07) is 8.98. The van der Waals surface area contributed by atoms with E-state index in [-0.39, 0.29) is 23.7 Å². The maximum Gasteiger partial charge on any atom is 0.339 e. The van der Waals surface area contributed by atoms with Crippen molar-refractivity contribution in [1.29, 1.82) is 0 Å². The number of benzene rings is 2. The number of carboxylic acids is 1. The molecule has 0 amide bonds. The molecule has 0 aliphatic carbocycles. The molecule has 0 bridgehead atoms. The second-order valence-electron chi connectivity index (χ2n) is 4.20. The molecule has 0 atom stereocenters. The van der Waals surface area contributed by atoms with Gasteiger partial charge >= 0.3 is 5.97 Å². The van der Waals surface area contributed by atoms with E-state index in [2.05, 4.69) is 15.9 Å². The Bertz CT molecular complexity index is 673. The number of methoxy groups -OCH3 is 1. The third kappa shape index (κ3) is 3.72. The van der Waals surface area contributed by atoms with E-state index in [0.29, 0.717) is 10.0 Å². The Morgan fingerprint density at radius 2 is 2.00 bits per heavy atom. The molecule has 6 heteroatoms. The highest BCUT2D eigenvalue weighted by Gasteiger charge is 2.12. The van der Waals surface area contributed by atoms with Gasteiger partial charge in [0.25, 0.3) is 0 Å². The summed E-state index contributed by atoms with van der Waals surface area (Å²) >= 11 is 3.24. The minimum atomic E-state index is -1.07. The number of ether oxygens (including phenoxy) is 2. The summed E-state index contributed by atoms with van der Waals surface area (Å²) in [5.41, 5.74) is 0.742. The molecule has 1 N–H and O–H groups in total. The largest absolute Gasteiger partial charge is 0.496 e. The quantitative estimate of drug-likeness (QED) is 0.885. The maximum atomic E-state index is 13.5. The first-order valence-corrected chi connectivity index (χ1v) is 6.78. The van der Waals surface area contributed by atoms with Crippen LogP contribution in [0, 0.1) is 5.82 Å². The number of carboxylic acid groups (broad SMARTS) is 1. The van der Waals surface area contributed by atoms with Crippen LogP contribution in [0.5, 0.6) is 11.5 Å². The molecule has 0 unspecified atom stereocenters. The number of aromatic carboxylic acids is 1. The summed E-state index contributed by atoms with van der Waals surface area (Å²) in [4.78, 5) is 11.0. The summed E-state index contributed by atoms with van der Waals surface area (Å²) in [7, 11) is 1.39. The standard InChI is InChI=1S/C15H12BrFO4/c1-20-13-6-9(2-4-11(13)15(18)19)8-21-14-7-10(16)3-5-12(14)17/h2-7H,8H2,1H3,(H,18,19). The Morgan fingerprint density at radius 3 is 2.67 bits per heavy atom. The van der Waals surface area contributed by atoms with Crippen molar-refractivity contribution in [3.05, 3.63) is 57.8 Å². The molecule has 0 aromatic heterocycles. The van der Waals surface area contributed by atoms with Crippen LogP contribution in [0.15, 0.2) is 40.9 Å². The fourth-order valence-corrected chi connectivity index (χ4v) is 2.09. The molecule has 0 saturated carbocycles. The van der Waals surface area contributed by atoms with Gasteiger partial charge in [0.05, 0.1) is 7.11 Å². The number of rotatable bonds is 5. The highest BCUT2D eigenvalue weighted by molar-refractivity contribution is 9.10. The van der Waals surface area contributed by atoms with Crippen LogP contribution >= 0.6 is 15.9 Å². The molecule has 0 aliphatic heterocycles. The fraction of sp³-hybridized carbons (Fsp3) is 0.133. The van der Waals surface area contributed by atoms with Gasteiger partial charge in [-0.15, -0.1) is 0 Å². The van der Waals surface area contributed by atoms with Gasteiger partial charge in [0.15, 0.2) is 11.6 Å². The van der Waals surface area contributed by atoms with E-state index in [1.54, 1.807) is 18.2 Å². The lowest BCUT2D eigenvalue weighted by atomic mass is 10.1. The Labute approximate surface area is 129 Å². The Balaban J connectivity index is 2.17. The molecule has 2 aromatic carbocycles. The van der Waals surface area contributed by atoms with Crippen LogP contribution in [0.1, 0.15) is 15.9 Å². The molecule has 110 valence electrons. The third-order valence-electron chi connectivity index (χ3n) is 2.78. The molecule has 2 aromatic rings. The smallest absolute Gasteiger partial charge is 0.339 e. The molecule has 0 radical (unpaired) electrons. The van der Waals surface area contributed by atoms with Crippen LogP contribution in [0.3, 0.4) is 0 Å². The Kier molecular flexibility index (Phi) is 4.80. The summed E-state index contributed by atoms with van der Waals surface area (Å²) in [5, 5.41) is 9.00. The highest BCUT2D eigenvalue weighted by atomic mass is 79.9. The second kappa shape index (κ2) is 6.58. The lowest BCUT2D eigenvalue weighted by molar-refractivity contribution is 0.0693. The van der Waals surface area contributed by atoms with Gasteiger partial charge in [0.2, 0.25) is 0 Å². The Morgan fingerprint density at radius 1 is 1.24 bits per heavy atom. The van der Waals surface area contributed by atoms with E-state index in [1.807, 2.05) is 0 Å². The zero-order valence-corrected chi connectivity index (χ0v) is 12.7. The molecule has 2 rings (SSSR count). The lowest BCUT2D eigenvalue weighted by Crippen LogP contribution is -2.03. The molecule has 0 spiro atoms. The van der Waals surface area contributed by atoms with Gasteiger partial charge in [-0.2, -0.15) is 0 Å². The number of halogens is 2. The molecule has 0 saturated heterocycles. The van der Waals surface area contributed by atoms with Crippen molar-refractivity contribution in [3.63, 3.8) is 0 Å². The average Bonchev–Trinajstić information content (AvgIpc) is 2.47. The monoisotopic (exact) mass is 354 g/mol. The zero-order chi connectivity index (χ0) is 15.4. The number of carbonyl (C=O) groups is 1. The molecule has 0 heterocycles. The van der Waals surface area contributed by atoms with E-state index >= 15 is 0 Å². The van der Waals surface area contributed by atoms with E-state index in [4.69, 9.17) is 14.6 Å². The molecular formula is C15H12BrFO4. The van der Waals surface area contributed by atoms with E-state index in [9.17, 15) is 9.18 Å². The minimum absolute atomic E-state index is 0.0647. The minimum Gasteiger partial charge on any atom is -0.496 e. The molecular weight excluding hydrogens is 343 g/mol. The van der Waals surface area contributed by atoms with Crippen molar-refractivity contribution in [2.24, 2.45) is 0 Å². The van der Waals surface area contributed by atoms with E-state index in [1.165, 1.54) is 25.3 Å². The van der Waals surface area contributed by atoms with E-state index in [0.717, 1.165) is 0 Å². The van der Waals surface area contributed by atoms with Crippen LogP contribution in [0.2, 0.25) is 0 Å². The van der Waals surface area contributed by atoms with Gasteiger partial charge in [-0.25, -0.2) is 9.18 Å². The van der Waals surface area contributed by atoms with Crippen molar-refractivity contribution >= 4 is 21.9 Å². The van der Waals surface area contributed by atoms with Gasteiger partial charge in [-0.3, -0.25) is 0 Å². The van der Waals surface area contributed by atoms with Crippen LogP contribution in [0.4, 0.5) is 4.39 Å². The van der Waals surface area contributed by atoms with Crippen LogP contribution in [-0.4, -0.2) is 18.2 Å². The first kappa shape index (κ1) is 15.3. The van der Waals surface area contributed by atoms with Crippen molar-refractivity contribution in [1.82, 2.24) is 0 Å². The predicted molar refractivity (Wildman–Crippen MR) is 78.4 cm³/mol. The average molecular weight is 355 g/mol. The van der Waals surface area contributed by atoms with Crippen LogP contribution in [0.25, 0.3) is 0 Å². The molecule has 0 fully saturated rings. The van der Waals surface area contributed by atoms with Gasteiger partial charge in [0, 0.05) is 4.47 Å². The molecule has 4 nitrogen and oxygen atoms in total. The van der Waals surface area contributed by atoms with Crippen molar-refractivity contribution in [3.8, 4) is 11.5 Å². The lowest BCUT2D eigenvalue weighted by Gasteiger charge is -2.10. The van der Waals surface area contributed by atoms with Gasteiger partial charge in [-0.05, 0) is 35.9 Å². The summed E-state index contributed by atoms with van der Waals surface area (Å²) in [5.74, 6) is -1.19. The Hall–Kier alpha value is -2.08. The van der Waals surface area contributed by atoms with Crippen LogP contribution in [-0.2, 0) is 6.61 Å². The van der Waals surface area contributed by atoms with Gasteiger partial charge in [0.1, 0.15) is 17.9 Å². The summed E-state index contributed by atoms with van der Waals surface area (Å²) in [6.07, 6.45) is 0. The highest BCUT2D eigenvalue weighted by Crippen LogP contribution is 2.25. The van der Waals surface area contributed by atoms with Crippen LogP contribution < -0.4 is 9.47 Å². The van der Waals surface area contributed by atoms with Gasteiger partial charge in [-0.1, -0.05) is 22.0 Å². The number of hydrogen-bond acceptors (Lipinski definition) is 3. The van der Waals surface area contributed by atoms with Crippen molar-refractivity contribution in [2.45, 2.75) is 6.61 Å². The molecule has 0 aliphatic rings. The number of hydrogen-bond donors (Lipinski definition) is 1.